The van der Waals surface area contributed by atoms with Crippen molar-refractivity contribution in [3.63, 3.8) is 0 Å². The molecule has 0 spiro atoms. The standard InChI is InChI=1S/C9H11BO2/c10-8-3-1-2-6-4-7(5-11)12-9(6)8/h1-3,7,11H,4-5,10H2. The first kappa shape index (κ1) is 7.68. The summed E-state index contributed by atoms with van der Waals surface area (Å²) in [7, 11) is 2.03. The molecule has 1 aromatic carbocycles. The Balaban J connectivity index is 2.35. The molecule has 62 valence electrons. The number of ether oxygens (including phenoxy) is 1. The number of aliphatic hydroxyl groups is 1. The molecule has 1 unspecified atom stereocenters. The highest BCUT2D eigenvalue weighted by Gasteiger charge is 2.22. The Morgan fingerprint density at radius 1 is 1.58 bits per heavy atom. The fourth-order valence-corrected chi connectivity index (χ4v) is 1.60. The van der Waals surface area contributed by atoms with Crippen LogP contribution in [0.5, 0.6) is 5.75 Å². The lowest BCUT2D eigenvalue weighted by Gasteiger charge is -2.07. The zero-order valence-corrected chi connectivity index (χ0v) is 7.08. The van der Waals surface area contributed by atoms with Crippen LogP contribution in [0.1, 0.15) is 5.56 Å². The van der Waals surface area contributed by atoms with E-state index in [9.17, 15) is 0 Å². The van der Waals surface area contributed by atoms with Crippen LogP contribution >= 0.6 is 0 Å². The highest BCUT2D eigenvalue weighted by atomic mass is 16.5. The van der Waals surface area contributed by atoms with Gasteiger partial charge in [0.25, 0.3) is 0 Å². The summed E-state index contributed by atoms with van der Waals surface area (Å²) in [6.07, 6.45) is 0.814. The Morgan fingerprint density at radius 2 is 2.42 bits per heavy atom. The Morgan fingerprint density at radius 3 is 3.08 bits per heavy atom. The third-order valence-electron chi connectivity index (χ3n) is 2.23. The maximum absolute atomic E-state index is 8.90. The summed E-state index contributed by atoms with van der Waals surface area (Å²) in [5, 5.41) is 8.90. The Bertz CT molecular complexity index is 299. The average Bonchev–Trinajstić information content (AvgIpc) is 2.49. The lowest BCUT2D eigenvalue weighted by atomic mass is 9.93. The second-order valence-electron chi connectivity index (χ2n) is 3.19. The molecule has 0 aliphatic carbocycles. The van der Waals surface area contributed by atoms with Crippen molar-refractivity contribution in [3.05, 3.63) is 23.8 Å². The molecule has 1 aliphatic rings. The number of hydrogen-bond acceptors (Lipinski definition) is 2. The molecule has 2 nitrogen and oxygen atoms in total. The first-order valence-electron chi connectivity index (χ1n) is 4.17. The smallest absolute Gasteiger partial charge is 0.144 e. The quantitative estimate of drug-likeness (QED) is 0.550. The second kappa shape index (κ2) is 2.83. The molecule has 3 heteroatoms. The van der Waals surface area contributed by atoms with Gasteiger partial charge in [0.2, 0.25) is 0 Å². The van der Waals surface area contributed by atoms with Crippen LogP contribution in [0.15, 0.2) is 18.2 Å². The summed E-state index contributed by atoms with van der Waals surface area (Å²) >= 11 is 0. The van der Waals surface area contributed by atoms with Crippen LogP contribution in [-0.2, 0) is 6.42 Å². The minimum Gasteiger partial charge on any atom is -0.488 e. The lowest BCUT2D eigenvalue weighted by molar-refractivity contribution is 0.135. The van der Waals surface area contributed by atoms with E-state index < -0.39 is 0 Å². The van der Waals surface area contributed by atoms with Gasteiger partial charge in [0.1, 0.15) is 19.7 Å². The second-order valence-corrected chi connectivity index (χ2v) is 3.19. The summed E-state index contributed by atoms with van der Waals surface area (Å²) in [6.45, 7) is 0.105. The van der Waals surface area contributed by atoms with Crippen molar-refractivity contribution >= 4 is 13.3 Å². The zero-order chi connectivity index (χ0) is 8.55. The van der Waals surface area contributed by atoms with Gasteiger partial charge in [0.15, 0.2) is 0 Å². The molecular weight excluding hydrogens is 151 g/mol. The maximum atomic E-state index is 8.90. The summed E-state index contributed by atoms with van der Waals surface area (Å²) in [4.78, 5) is 0. The van der Waals surface area contributed by atoms with Gasteiger partial charge in [-0.2, -0.15) is 0 Å². The van der Waals surface area contributed by atoms with Gasteiger partial charge in [0, 0.05) is 6.42 Å². The normalized spacial score (nSPS) is 20.2. The molecule has 0 amide bonds. The molecule has 1 aromatic rings. The average molecular weight is 162 g/mol. The van der Waals surface area contributed by atoms with Gasteiger partial charge in [-0.3, -0.25) is 0 Å². The molecule has 1 N–H and O–H groups in total. The number of hydrogen-bond donors (Lipinski definition) is 1. The molecule has 1 atom stereocenters. The van der Waals surface area contributed by atoms with E-state index in [0.29, 0.717) is 0 Å². The van der Waals surface area contributed by atoms with E-state index in [0.717, 1.165) is 17.6 Å². The minimum absolute atomic E-state index is 0.0268. The predicted octanol–water partition coefficient (Wildman–Crippen LogP) is -0.759. The molecule has 1 aliphatic heterocycles. The predicted molar refractivity (Wildman–Crippen MR) is 49.8 cm³/mol. The molecule has 0 saturated carbocycles. The van der Waals surface area contributed by atoms with Crippen LogP contribution in [0.2, 0.25) is 0 Å². The van der Waals surface area contributed by atoms with Gasteiger partial charge in [-0.05, 0) is 11.0 Å². The molecular formula is C9H11BO2. The molecule has 0 fully saturated rings. The monoisotopic (exact) mass is 162 g/mol. The van der Waals surface area contributed by atoms with Gasteiger partial charge in [-0.25, -0.2) is 0 Å². The van der Waals surface area contributed by atoms with Crippen LogP contribution in [0.25, 0.3) is 0 Å². The van der Waals surface area contributed by atoms with E-state index in [2.05, 4.69) is 6.07 Å². The molecule has 0 radical (unpaired) electrons. The summed E-state index contributed by atoms with van der Waals surface area (Å²) < 4.78 is 5.54. The topological polar surface area (TPSA) is 29.5 Å². The molecule has 0 aromatic heterocycles. The van der Waals surface area contributed by atoms with Crippen LogP contribution < -0.4 is 10.2 Å². The van der Waals surface area contributed by atoms with Crippen molar-refractivity contribution in [1.29, 1.82) is 0 Å². The summed E-state index contributed by atoms with van der Waals surface area (Å²) in [5.41, 5.74) is 2.37. The van der Waals surface area contributed by atoms with Crippen molar-refractivity contribution in [3.8, 4) is 5.75 Å². The van der Waals surface area contributed by atoms with E-state index in [1.54, 1.807) is 0 Å². The summed E-state index contributed by atoms with van der Waals surface area (Å²) in [5.74, 6) is 0.969. The highest BCUT2D eigenvalue weighted by Crippen LogP contribution is 2.25. The van der Waals surface area contributed by atoms with E-state index in [1.165, 1.54) is 5.56 Å². The van der Waals surface area contributed by atoms with Crippen LogP contribution in [0, 0.1) is 0 Å². The minimum atomic E-state index is -0.0268. The van der Waals surface area contributed by atoms with Gasteiger partial charge in [-0.1, -0.05) is 18.2 Å². The van der Waals surface area contributed by atoms with Gasteiger partial charge >= 0.3 is 0 Å². The largest absolute Gasteiger partial charge is 0.488 e. The maximum Gasteiger partial charge on any atom is 0.144 e. The molecule has 0 saturated heterocycles. The number of aliphatic hydroxyl groups excluding tert-OH is 1. The lowest BCUT2D eigenvalue weighted by Crippen LogP contribution is -2.18. The van der Waals surface area contributed by atoms with Crippen LogP contribution in [-0.4, -0.2) is 25.7 Å². The van der Waals surface area contributed by atoms with Crippen molar-refractivity contribution in [2.75, 3.05) is 6.61 Å². The molecule has 2 rings (SSSR count). The SMILES string of the molecule is Bc1cccc2c1OC(CO)C2. The highest BCUT2D eigenvalue weighted by molar-refractivity contribution is 6.34. The number of benzene rings is 1. The molecule has 0 bridgehead atoms. The van der Waals surface area contributed by atoms with E-state index in [4.69, 9.17) is 9.84 Å². The van der Waals surface area contributed by atoms with E-state index >= 15 is 0 Å². The Hall–Kier alpha value is -0.955. The summed E-state index contributed by atoms with van der Waals surface area (Å²) in [6, 6.07) is 6.11. The van der Waals surface area contributed by atoms with Gasteiger partial charge in [-0.15, -0.1) is 0 Å². The third-order valence-corrected chi connectivity index (χ3v) is 2.23. The fraction of sp³-hybridized carbons (Fsp3) is 0.333. The van der Waals surface area contributed by atoms with Crippen LogP contribution in [0.4, 0.5) is 0 Å². The van der Waals surface area contributed by atoms with Crippen molar-refractivity contribution in [2.45, 2.75) is 12.5 Å². The van der Waals surface area contributed by atoms with E-state index in [-0.39, 0.29) is 12.7 Å². The Kier molecular flexibility index (Phi) is 1.81. The first-order valence-corrected chi connectivity index (χ1v) is 4.17. The van der Waals surface area contributed by atoms with E-state index in [1.807, 2.05) is 20.0 Å². The molecule has 12 heavy (non-hydrogen) atoms. The Labute approximate surface area is 72.6 Å². The van der Waals surface area contributed by atoms with Crippen molar-refractivity contribution < 1.29 is 9.84 Å². The number of para-hydroxylation sites is 1. The van der Waals surface area contributed by atoms with Gasteiger partial charge < -0.3 is 9.84 Å². The first-order chi connectivity index (χ1) is 5.81. The zero-order valence-electron chi connectivity index (χ0n) is 7.08. The number of fused-ring (bicyclic) bond motifs is 1. The number of rotatable bonds is 1. The molecule has 1 heterocycles. The third kappa shape index (κ3) is 1.10. The van der Waals surface area contributed by atoms with Crippen molar-refractivity contribution in [1.82, 2.24) is 0 Å². The van der Waals surface area contributed by atoms with Crippen LogP contribution in [0.3, 0.4) is 0 Å². The fourth-order valence-electron chi connectivity index (χ4n) is 1.60. The van der Waals surface area contributed by atoms with Gasteiger partial charge in [0.05, 0.1) is 6.61 Å². The van der Waals surface area contributed by atoms with Crippen molar-refractivity contribution in [2.24, 2.45) is 0 Å².